The van der Waals surface area contributed by atoms with E-state index >= 15 is 0 Å². The van der Waals surface area contributed by atoms with Crippen molar-refractivity contribution in [2.45, 2.75) is 45.1 Å². The Morgan fingerprint density at radius 3 is 2.42 bits per heavy atom. The summed E-state index contributed by atoms with van der Waals surface area (Å²) in [5.74, 6) is -1.27. The molecule has 1 saturated carbocycles. The van der Waals surface area contributed by atoms with Gasteiger partial charge in [0, 0.05) is 48.3 Å². The second-order valence-electron chi connectivity index (χ2n) is 8.06. The van der Waals surface area contributed by atoms with Crippen LogP contribution in [0.25, 0.3) is 22.3 Å². The van der Waals surface area contributed by atoms with Gasteiger partial charge in [0.25, 0.3) is 0 Å². The first-order valence-corrected chi connectivity index (χ1v) is 11.2. The van der Waals surface area contributed by atoms with E-state index in [0.717, 1.165) is 31.0 Å². The van der Waals surface area contributed by atoms with Crippen LogP contribution in [0.4, 0.5) is 8.78 Å². The summed E-state index contributed by atoms with van der Waals surface area (Å²) in [6.45, 7) is 3.85. The van der Waals surface area contributed by atoms with E-state index in [2.05, 4.69) is 20.1 Å². The van der Waals surface area contributed by atoms with Gasteiger partial charge in [-0.1, -0.05) is 0 Å². The molecule has 0 bridgehead atoms. The highest BCUT2D eigenvalue weighted by Crippen LogP contribution is 2.33. The van der Waals surface area contributed by atoms with Gasteiger partial charge in [-0.15, -0.1) is 0 Å². The lowest BCUT2D eigenvalue weighted by Gasteiger charge is -2.08. The van der Waals surface area contributed by atoms with Crippen LogP contribution < -0.4 is 0 Å². The van der Waals surface area contributed by atoms with Gasteiger partial charge in [0.2, 0.25) is 0 Å². The van der Waals surface area contributed by atoms with E-state index in [1.165, 1.54) is 50.6 Å². The minimum Gasteiger partial charge on any atom is -0.381 e. The average Bonchev–Trinajstić information content (AvgIpc) is 3.54. The molecule has 0 unspecified atom stereocenters. The van der Waals surface area contributed by atoms with Crippen molar-refractivity contribution in [3.8, 4) is 11.3 Å². The van der Waals surface area contributed by atoms with Gasteiger partial charge in [-0.25, -0.2) is 23.7 Å². The fraction of sp³-hybridized carbons (Fsp3) is 0.360. The number of pyridine rings is 1. The topological polar surface area (TPSA) is 65.7 Å². The molecule has 1 aliphatic carbocycles. The zero-order valence-corrected chi connectivity index (χ0v) is 18.6. The lowest BCUT2D eigenvalue weighted by atomic mass is 10.1. The summed E-state index contributed by atoms with van der Waals surface area (Å²) >= 11 is 0. The van der Waals surface area contributed by atoms with Crippen molar-refractivity contribution >= 4 is 11.0 Å². The molecule has 0 spiro atoms. The molecular weight excluding hydrogens is 424 g/mol. The van der Waals surface area contributed by atoms with Gasteiger partial charge in [0.1, 0.15) is 18.0 Å². The Morgan fingerprint density at radius 1 is 1.00 bits per heavy atom. The largest absolute Gasteiger partial charge is 0.381 e. The van der Waals surface area contributed by atoms with Gasteiger partial charge in [0.15, 0.2) is 5.65 Å². The number of benzene rings is 1. The monoisotopic (exact) mass is 451 g/mol. The summed E-state index contributed by atoms with van der Waals surface area (Å²) in [7, 11) is 0. The molecular formula is C25H27F2N5O. The van der Waals surface area contributed by atoms with Gasteiger partial charge < -0.3 is 4.74 Å². The molecule has 0 N–H and O–H groups in total. The number of hydrogen-bond acceptors (Lipinski definition) is 5. The number of aryl methyl sites for hydroxylation is 1. The lowest BCUT2D eigenvalue weighted by Crippen LogP contribution is -2.03. The van der Waals surface area contributed by atoms with Crippen LogP contribution in [0.5, 0.6) is 0 Å². The molecule has 2 fully saturated rings. The van der Waals surface area contributed by atoms with Crippen LogP contribution >= 0.6 is 0 Å². The molecule has 0 amide bonds. The van der Waals surface area contributed by atoms with E-state index in [4.69, 9.17) is 4.74 Å². The highest BCUT2D eigenvalue weighted by Gasteiger charge is 2.22. The Morgan fingerprint density at radius 2 is 1.82 bits per heavy atom. The number of halogens is 2. The minimum absolute atomic E-state index is 0.236. The Balaban J connectivity index is 0.000000150. The maximum Gasteiger partial charge on any atom is 0.163 e. The zero-order chi connectivity index (χ0) is 23.0. The molecule has 6 rings (SSSR count). The fourth-order valence-electron chi connectivity index (χ4n) is 3.46. The van der Waals surface area contributed by atoms with Crippen molar-refractivity contribution in [1.82, 2.24) is 24.7 Å². The predicted octanol–water partition coefficient (Wildman–Crippen LogP) is 5.68. The molecule has 8 heteroatoms. The average molecular weight is 452 g/mol. The Hall–Kier alpha value is -3.26. The summed E-state index contributed by atoms with van der Waals surface area (Å²) < 4.78 is 33.9. The highest BCUT2D eigenvalue weighted by molar-refractivity contribution is 5.90. The molecule has 172 valence electrons. The van der Waals surface area contributed by atoms with Crippen molar-refractivity contribution in [1.29, 1.82) is 0 Å². The van der Waals surface area contributed by atoms with Crippen LogP contribution in [0, 0.1) is 18.6 Å². The van der Waals surface area contributed by atoms with Crippen molar-refractivity contribution in [2.75, 3.05) is 13.2 Å². The van der Waals surface area contributed by atoms with E-state index in [0.29, 0.717) is 16.7 Å². The smallest absolute Gasteiger partial charge is 0.163 e. The van der Waals surface area contributed by atoms with E-state index in [1.807, 2.05) is 30.1 Å². The minimum atomic E-state index is -0.652. The molecule has 2 aliphatic rings. The Kier molecular flexibility index (Phi) is 7.67. The maximum atomic E-state index is 13.8. The third-order valence-corrected chi connectivity index (χ3v) is 5.35. The highest BCUT2D eigenvalue weighted by atomic mass is 19.1. The van der Waals surface area contributed by atoms with Gasteiger partial charge >= 0.3 is 0 Å². The molecule has 4 heterocycles. The molecule has 1 aromatic carbocycles. The van der Waals surface area contributed by atoms with Crippen LogP contribution in [0.15, 0.2) is 55.1 Å². The fourth-order valence-corrected chi connectivity index (χ4v) is 3.46. The summed E-state index contributed by atoms with van der Waals surface area (Å²) in [5.41, 5.74) is 1.96. The van der Waals surface area contributed by atoms with E-state index in [1.54, 1.807) is 12.1 Å². The molecule has 0 atom stereocenters. The van der Waals surface area contributed by atoms with Crippen LogP contribution in [-0.4, -0.2) is 37.9 Å². The molecule has 0 radical (unpaired) electrons. The number of hydrogen-bond donors (Lipinski definition) is 0. The molecule has 1 saturated heterocycles. The van der Waals surface area contributed by atoms with E-state index in [9.17, 15) is 8.78 Å². The second-order valence-corrected chi connectivity index (χ2v) is 8.06. The number of ether oxygens (including phenoxy) is 1. The second kappa shape index (κ2) is 11.0. The number of fused-ring (bicyclic) bond motifs is 1. The van der Waals surface area contributed by atoms with Gasteiger partial charge in [-0.05, 0) is 69.4 Å². The van der Waals surface area contributed by atoms with E-state index in [-0.39, 0.29) is 5.56 Å². The van der Waals surface area contributed by atoms with Crippen molar-refractivity contribution in [3.05, 3.63) is 72.4 Å². The number of aromatic nitrogens is 5. The van der Waals surface area contributed by atoms with Crippen LogP contribution in [0.3, 0.4) is 0 Å². The first-order chi connectivity index (χ1) is 16.1. The summed E-state index contributed by atoms with van der Waals surface area (Å²) in [6.07, 6.45) is 11.8. The molecule has 1 aliphatic heterocycles. The zero-order valence-electron chi connectivity index (χ0n) is 18.6. The van der Waals surface area contributed by atoms with Crippen LogP contribution in [0.1, 0.15) is 43.8 Å². The normalized spacial score (nSPS) is 15.2. The summed E-state index contributed by atoms with van der Waals surface area (Å²) in [6, 6.07) is 9.71. The molecule has 6 nitrogen and oxygen atoms in total. The molecule has 4 aromatic rings. The first kappa shape index (κ1) is 22.9. The predicted molar refractivity (Wildman–Crippen MR) is 123 cm³/mol. The van der Waals surface area contributed by atoms with E-state index < -0.39 is 11.6 Å². The lowest BCUT2D eigenvalue weighted by molar-refractivity contribution is 0.0968. The van der Waals surface area contributed by atoms with Gasteiger partial charge in [0.05, 0.1) is 11.7 Å². The Labute approximate surface area is 191 Å². The maximum absolute atomic E-state index is 13.8. The summed E-state index contributed by atoms with van der Waals surface area (Å²) in [5, 5.41) is 4.73. The van der Waals surface area contributed by atoms with Crippen molar-refractivity contribution in [3.63, 3.8) is 0 Å². The quantitative estimate of drug-likeness (QED) is 0.392. The molecule has 3 aromatic heterocycles. The van der Waals surface area contributed by atoms with Gasteiger partial charge in [-0.3, -0.25) is 4.68 Å². The number of rotatable bonds is 2. The third kappa shape index (κ3) is 6.38. The Bertz CT molecular complexity index is 1160. The van der Waals surface area contributed by atoms with Crippen molar-refractivity contribution in [2.24, 2.45) is 0 Å². The number of nitrogens with zero attached hydrogens (tertiary/aromatic N) is 5. The SMILES string of the molecule is C1CCOCC1.Cc1ccc2c(-c3ccc(F)cc3F)ncnc2n1.c1cnn(C2CC2)c1. The standard InChI is InChI=1S/C14H9F2N3.C6H8N2.C5H10O/c1-8-2-4-11-13(17-7-18-14(11)19-8)10-5-3-9(15)6-12(10)16;1-4-7-8(5-1)6-2-3-6;1-2-4-6-5-3-1/h2-7H,1H3;1,4-6H,2-3H2;1-5H2. The van der Waals surface area contributed by atoms with Crippen LogP contribution in [0.2, 0.25) is 0 Å². The summed E-state index contributed by atoms with van der Waals surface area (Å²) in [4.78, 5) is 12.4. The van der Waals surface area contributed by atoms with Gasteiger partial charge in [-0.2, -0.15) is 5.10 Å². The third-order valence-electron chi connectivity index (χ3n) is 5.35. The first-order valence-electron chi connectivity index (χ1n) is 11.2. The molecule has 33 heavy (non-hydrogen) atoms. The van der Waals surface area contributed by atoms with Crippen molar-refractivity contribution < 1.29 is 13.5 Å². The van der Waals surface area contributed by atoms with Crippen LogP contribution in [-0.2, 0) is 4.74 Å².